The maximum Gasteiger partial charge on any atom is 0.410 e. The van der Waals surface area contributed by atoms with E-state index >= 15 is 0 Å². The number of carbonyl (C=O) groups excluding carboxylic acids is 1. The van der Waals surface area contributed by atoms with Crippen LogP contribution in [-0.4, -0.2) is 34.7 Å². The molecule has 1 amide bonds. The number of rotatable bonds is 5. The van der Waals surface area contributed by atoms with Crippen molar-refractivity contribution in [2.24, 2.45) is 0 Å². The maximum atomic E-state index is 12.3. The highest BCUT2D eigenvalue weighted by molar-refractivity contribution is 6.42. The zero-order valence-corrected chi connectivity index (χ0v) is 15.5. The van der Waals surface area contributed by atoms with Crippen LogP contribution in [0.5, 0.6) is 0 Å². The monoisotopic (exact) mass is 393 g/mol. The molecule has 26 heavy (non-hydrogen) atoms. The molecule has 0 radical (unpaired) electrons. The molecule has 0 saturated carbocycles. The summed E-state index contributed by atoms with van der Waals surface area (Å²) in [5.41, 5.74) is 1.99. The lowest BCUT2D eigenvalue weighted by molar-refractivity contribution is 0.0696. The Morgan fingerprint density at radius 1 is 1.23 bits per heavy atom. The molecule has 2 atom stereocenters. The number of amides is 1. The lowest BCUT2D eigenvalue weighted by atomic mass is 10.0. The summed E-state index contributed by atoms with van der Waals surface area (Å²) in [4.78, 5) is 24.8. The van der Waals surface area contributed by atoms with Crippen LogP contribution in [0.2, 0.25) is 10.0 Å². The van der Waals surface area contributed by atoms with Gasteiger partial charge in [0.25, 0.3) is 0 Å². The second-order valence-electron chi connectivity index (χ2n) is 6.25. The fourth-order valence-electron chi connectivity index (χ4n) is 2.96. The molecular weight excluding hydrogens is 377 g/mol. The van der Waals surface area contributed by atoms with E-state index in [1.807, 2.05) is 6.92 Å². The van der Waals surface area contributed by atoms with Crippen LogP contribution in [0, 0.1) is 0 Å². The van der Waals surface area contributed by atoms with E-state index in [9.17, 15) is 9.59 Å². The van der Waals surface area contributed by atoms with Gasteiger partial charge in [-0.3, -0.25) is 0 Å². The second-order valence-corrected chi connectivity index (χ2v) is 7.07. The molecule has 2 unspecified atom stereocenters. The highest BCUT2D eigenvalue weighted by Gasteiger charge is 2.35. The number of ether oxygens (including phenoxy) is 1. The van der Waals surface area contributed by atoms with Crippen LogP contribution in [-0.2, 0) is 11.2 Å². The standard InChI is InChI=1S/C19H17Cl2NO4/c1-11(8-12-2-4-13(5-3-12)18(23)24)22-10-17(26-19(22)25)14-6-7-15(20)16(21)9-14/h2-7,9,11,17H,8,10H2,1H3,(H,23,24). The topological polar surface area (TPSA) is 66.8 Å². The number of cyclic esters (lactones) is 1. The van der Waals surface area contributed by atoms with Crippen molar-refractivity contribution in [3.05, 3.63) is 69.2 Å². The van der Waals surface area contributed by atoms with Gasteiger partial charge in [-0.15, -0.1) is 0 Å². The van der Waals surface area contributed by atoms with Crippen molar-refractivity contribution >= 4 is 35.3 Å². The van der Waals surface area contributed by atoms with Gasteiger partial charge in [-0.25, -0.2) is 9.59 Å². The highest BCUT2D eigenvalue weighted by atomic mass is 35.5. The van der Waals surface area contributed by atoms with Gasteiger partial charge in [0.05, 0.1) is 22.2 Å². The van der Waals surface area contributed by atoms with Gasteiger partial charge in [-0.1, -0.05) is 41.4 Å². The summed E-state index contributed by atoms with van der Waals surface area (Å²) in [7, 11) is 0. The molecule has 2 aromatic rings. The van der Waals surface area contributed by atoms with Crippen molar-refractivity contribution < 1.29 is 19.4 Å². The number of carboxylic acid groups (broad SMARTS) is 1. The first-order valence-electron chi connectivity index (χ1n) is 8.09. The molecule has 1 aliphatic heterocycles. The van der Waals surface area contributed by atoms with Gasteiger partial charge < -0.3 is 14.7 Å². The van der Waals surface area contributed by atoms with Crippen LogP contribution >= 0.6 is 23.2 Å². The molecule has 1 aliphatic rings. The molecule has 7 heteroatoms. The molecule has 0 spiro atoms. The molecule has 0 aromatic heterocycles. The quantitative estimate of drug-likeness (QED) is 0.790. The average Bonchev–Trinajstić information content (AvgIpc) is 2.99. The summed E-state index contributed by atoms with van der Waals surface area (Å²) in [5.74, 6) is -0.961. The summed E-state index contributed by atoms with van der Waals surface area (Å²) >= 11 is 12.0. The van der Waals surface area contributed by atoms with Crippen LogP contribution < -0.4 is 0 Å². The number of hydrogen-bond acceptors (Lipinski definition) is 3. The summed E-state index contributed by atoms with van der Waals surface area (Å²) in [5, 5.41) is 9.83. The van der Waals surface area contributed by atoms with E-state index in [1.54, 1.807) is 47.4 Å². The first-order valence-corrected chi connectivity index (χ1v) is 8.85. The number of halogens is 2. The smallest absolute Gasteiger partial charge is 0.410 e. The molecule has 2 aromatic carbocycles. The maximum absolute atomic E-state index is 12.3. The Kier molecular flexibility index (Phi) is 5.39. The molecule has 1 N–H and O–H groups in total. The molecule has 1 heterocycles. The van der Waals surface area contributed by atoms with Crippen molar-refractivity contribution in [1.29, 1.82) is 0 Å². The fraction of sp³-hybridized carbons (Fsp3) is 0.263. The minimum atomic E-state index is -0.961. The van der Waals surface area contributed by atoms with Crippen LogP contribution in [0.15, 0.2) is 42.5 Å². The molecule has 1 saturated heterocycles. The SMILES string of the molecule is CC(Cc1ccc(C(=O)O)cc1)N1CC(c2ccc(Cl)c(Cl)c2)OC1=O. The third-order valence-electron chi connectivity index (χ3n) is 4.42. The Labute approximate surface area is 161 Å². The van der Waals surface area contributed by atoms with E-state index in [1.165, 1.54) is 0 Å². The number of nitrogens with zero attached hydrogens (tertiary/aromatic N) is 1. The van der Waals surface area contributed by atoms with Crippen LogP contribution in [0.3, 0.4) is 0 Å². The average molecular weight is 394 g/mol. The zero-order chi connectivity index (χ0) is 18.8. The largest absolute Gasteiger partial charge is 0.478 e. The highest BCUT2D eigenvalue weighted by Crippen LogP contribution is 2.32. The fourth-order valence-corrected chi connectivity index (χ4v) is 3.27. The predicted molar refractivity (Wildman–Crippen MR) is 99.0 cm³/mol. The first-order chi connectivity index (χ1) is 12.3. The number of aromatic carboxylic acids is 1. The molecule has 0 bridgehead atoms. The predicted octanol–water partition coefficient (Wildman–Crippen LogP) is 4.82. The second kappa shape index (κ2) is 7.56. The number of carbonyl (C=O) groups is 2. The number of carboxylic acids is 1. The van der Waals surface area contributed by atoms with Gasteiger partial charge in [0.15, 0.2) is 0 Å². The molecule has 136 valence electrons. The lowest BCUT2D eigenvalue weighted by Crippen LogP contribution is -2.35. The van der Waals surface area contributed by atoms with Gasteiger partial charge in [-0.2, -0.15) is 0 Å². The number of hydrogen-bond donors (Lipinski definition) is 1. The van der Waals surface area contributed by atoms with Gasteiger partial charge in [0.1, 0.15) is 6.10 Å². The number of benzene rings is 2. The van der Waals surface area contributed by atoms with Gasteiger partial charge in [0.2, 0.25) is 0 Å². The summed E-state index contributed by atoms with van der Waals surface area (Å²) in [6.45, 7) is 2.36. The van der Waals surface area contributed by atoms with E-state index < -0.39 is 12.1 Å². The Hall–Kier alpha value is -2.24. The zero-order valence-electron chi connectivity index (χ0n) is 14.0. The Morgan fingerprint density at radius 2 is 1.92 bits per heavy atom. The van der Waals surface area contributed by atoms with E-state index in [0.29, 0.717) is 23.0 Å². The Bertz CT molecular complexity index is 838. The first kappa shape index (κ1) is 18.5. The van der Waals surface area contributed by atoms with E-state index in [2.05, 4.69) is 0 Å². The van der Waals surface area contributed by atoms with Crippen molar-refractivity contribution in [3.63, 3.8) is 0 Å². The van der Waals surface area contributed by atoms with Crippen molar-refractivity contribution in [3.8, 4) is 0 Å². The lowest BCUT2D eigenvalue weighted by Gasteiger charge is -2.22. The van der Waals surface area contributed by atoms with E-state index in [0.717, 1.165) is 11.1 Å². The van der Waals surface area contributed by atoms with Crippen molar-refractivity contribution in [2.45, 2.75) is 25.5 Å². The molecule has 3 rings (SSSR count). The van der Waals surface area contributed by atoms with Crippen molar-refractivity contribution in [2.75, 3.05) is 6.54 Å². The normalized spacial score (nSPS) is 17.9. The minimum absolute atomic E-state index is 0.0917. The summed E-state index contributed by atoms with van der Waals surface area (Å²) in [6, 6.07) is 11.7. The molecule has 1 fully saturated rings. The van der Waals surface area contributed by atoms with Gasteiger partial charge in [-0.05, 0) is 48.7 Å². The van der Waals surface area contributed by atoms with Crippen LogP contribution in [0.25, 0.3) is 0 Å². The van der Waals surface area contributed by atoms with E-state index in [-0.39, 0.29) is 17.7 Å². The molecule has 0 aliphatic carbocycles. The Balaban J connectivity index is 1.68. The Morgan fingerprint density at radius 3 is 2.54 bits per heavy atom. The molecular formula is C19H17Cl2NO4. The van der Waals surface area contributed by atoms with Crippen LogP contribution in [0.1, 0.15) is 34.5 Å². The molecule has 5 nitrogen and oxygen atoms in total. The third kappa shape index (κ3) is 3.94. The van der Waals surface area contributed by atoms with Gasteiger partial charge >= 0.3 is 12.1 Å². The van der Waals surface area contributed by atoms with Gasteiger partial charge in [0, 0.05) is 6.04 Å². The minimum Gasteiger partial charge on any atom is -0.478 e. The third-order valence-corrected chi connectivity index (χ3v) is 5.16. The van der Waals surface area contributed by atoms with E-state index in [4.69, 9.17) is 33.0 Å². The van der Waals surface area contributed by atoms with Crippen molar-refractivity contribution in [1.82, 2.24) is 4.90 Å². The summed E-state index contributed by atoms with van der Waals surface area (Å²) < 4.78 is 5.47. The van der Waals surface area contributed by atoms with Crippen LogP contribution in [0.4, 0.5) is 4.79 Å². The summed E-state index contributed by atoms with van der Waals surface area (Å²) in [6.07, 6.45) is -0.173.